The second-order valence-electron chi connectivity index (χ2n) is 7.37. The molecule has 0 bridgehead atoms. The third-order valence-corrected chi connectivity index (χ3v) is 6.60. The number of aryl methyl sites for hydroxylation is 1. The van der Waals surface area contributed by atoms with Crippen LogP contribution in [-0.4, -0.2) is 43.5 Å². The van der Waals surface area contributed by atoms with Gasteiger partial charge in [-0.05, 0) is 37.1 Å². The maximum absolute atomic E-state index is 11.5. The summed E-state index contributed by atoms with van der Waals surface area (Å²) in [5.74, 6) is -0.335. The third kappa shape index (κ3) is 4.05. The van der Waals surface area contributed by atoms with Crippen molar-refractivity contribution in [3.05, 3.63) is 64.5 Å². The molecule has 1 amide bonds. The minimum atomic E-state index is -0.335. The molecule has 2 heterocycles. The van der Waals surface area contributed by atoms with Crippen molar-refractivity contribution in [1.29, 1.82) is 0 Å². The van der Waals surface area contributed by atoms with E-state index >= 15 is 0 Å². The highest BCUT2D eigenvalue weighted by atomic mass is 32.1. The van der Waals surface area contributed by atoms with Gasteiger partial charge >= 0.3 is 0 Å². The van der Waals surface area contributed by atoms with Gasteiger partial charge in [-0.15, -0.1) is 11.3 Å². The van der Waals surface area contributed by atoms with Crippen LogP contribution < -0.4 is 10.6 Å². The molecule has 4 rings (SSSR count). The number of carbonyl (C=O) groups excluding carboxylic acids is 1. The van der Waals surface area contributed by atoms with E-state index in [0.717, 1.165) is 43.8 Å². The molecule has 0 saturated carbocycles. The van der Waals surface area contributed by atoms with E-state index in [2.05, 4.69) is 54.3 Å². The number of nitrogens with zero attached hydrogens (tertiary/aromatic N) is 1. The number of rotatable bonds is 5. The van der Waals surface area contributed by atoms with Gasteiger partial charge in [0.15, 0.2) is 0 Å². The second kappa shape index (κ2) is 7.80. The quantitative estimate of drug-likeness (QED) is 0.714. The summed E-state index contributed by atoms with van der Waals surface area (Å²) < 4.78 is 1.15. The van der Waals surface area contributed by atoms with Crippen LogP contribution in [0.25, 0.3) is 10.1 Å². The fourth-order valence-corrected chi connectivity index (χ4v) is 4.79. The van der Waals surface area contributed by atoms with Crippen molar-refractivity contribution in [3.8, 4) is 0 Å². The molecular formula is C22H26N3OS+. The number of piperazine rings is 1. The maximum Gasteiger partial charge on any atom is 0.258 e. The molecule has 1 fully saturated rings. The van der Waals surface area contributed by atoms with Gasteiger partial charge in [-0.3, -0.25) is 14.6 Å². The highest BCUT2D eigenvalue weighted by Crippen LogP contribution is 2.29. The summed E-state index contributed by atoms with van der Waals surface area (Å²) in [6, 6.07) is 17.2. The van der Waals surface area contributed by atoms with Crippen molar-refractivity contribution < 1.29 is 9.69 Å². The number of amides is 1. The number of quaternary nitrogens is 1. The van der Waals surface area contributed by atoms with Crippen LogP contribution in [0.3, 0.4) is 0 Å². The lowest BCUT2D eigenvalue weighted by atomic mass is 10.1. The molecule has 1 aliphatic rings. The van der Waals surface area contributed by atoms with Gasteiger partial charge in [0.25, 0.3) is 5.91 Å². The zero-order valence-electron chi connectivity index (χ0n) is 15.7. The maximum atomic E-state index is 11.5. The van der Waals surface area contributed by atoms with Crippen LogP contribution in [0, 0.1) is 6.92 Å². The Labute approximate surface area is 164 Å². The normalized spacial score (nSPS) is 16.0. The molecule has 4 nitrogen and oxygen atoms in total. The Morgan fingerprint density at radius 1 is 1.15 bits per heavy atom. The van der Waals surface area contributed by atoms with E-state index in [4.69, 9.17) is 5.73 Å². The van der Waals surface area contributed by atoms with Crippen LogP contribution in [-0.2, 0) is 6.42 Å². The van der Waals surface area contributed by atoms with E-state index in [1.807, 2.05) is 6.07 Å². The minimum Gasteiger partial charge on any atom is -0.365 e. The summed E-state index contributed by atoms with van der Waals surface area (Å²) in [6.07, 6.45) is 1.11. The van der Waals surface area contributed by atoms with E-state index in [-0.39, 0.29) is 5.91 Å². The first-order valence-electron chi connectivity index (χ1n) is 9.55. The molecule has 0 spiro atoms. The molecule has 0 aliphatic carbocycles. The van der Waals surface area contributed by atoms with Gasteiger partial charge in [0.1, 0.15) is 5.69 Å². The lowest BCUT2D eigenvalue weighted by Crippen LogP contribution is -3.10. The van der Waals surface area contributed by atoms with Gasteiger partial charge in [-0.25, -0.2) is 0 Å². The first-order chi connectivity index (χ1) is 13.1. The number of benzene rings is 2. The van der Waals surface area contributed by atoms with Crippen LogP contribution >= 0.6 is 11.3 Å². The molecule has 140 valence electrons. The molecule has 3 aromatic rings. The van der Waals surface area contributed by atoms with E-state index in [9.17, 15) is 4.79 Å². The van der Waals surface area contributed by atoms with Crippen LogP contribution in [0.2, 0.25) is 0 Å². The highest BCUT2D eigenvalue weighted by Gasteiger charge is 2.24. The molecule has 1 aromatic heterocycles. The predicted molar refractivity (Wildman–Crippen MR) is 112 cm³/mol. The number of hydrogen-bond donors (Lipinski definition) is 2. The Morgan fingerprint density at radius 3 is 2.59 bits per heavy atom. The number of primary amides is 1. The lowest BCUT2D eigenvalue weighted by molar-refractivity contribution is -0.837. The van der Waals surface area contributed by atoms with Crippen molar-refractivity contribution in [2.24, 2.45) is 5.73 Å². The first kappa shape index (κ1) is 18.2. The third-order valence-electron chi connectivity index (χ3n) is 5.48. The van der Waals surface area contributed by atoms with Crippen molar-refractivity contribution in [3.63, 3.8) is 0 Å². The average Bonchev–Trinajstić information content (AvgIpc) is 3.13. The molecular weight excluding hydrogens is 354 g/mol. The van der Waals surface area contributed by atoms with E-state index in [1.54, 1.807) is 0 Å². The lowest BCUT2D eigenvalue weighted by Gasteiger charge is -2.32. The molecule has 5 heteroatoms. The van der Waals surface area contributed by atoms with Gasteiger partial charge in [0, 0.05) is 24.3 Å². The Balaban J connectivity index is 1.39. The van der Waals surface area contributed by atoms with Crippen molar-refractivity contribution >= 4 is 33.0 Å². The molecule has 1 saturated heterocycles. The summed E-state index contributed by atoms with van der Waals surface area (Å²) in [4.78, 5) is 16.2. The van der Waals surface area contributed by atoms with Crippen LogP contribution in [0.5, 0.6) is 0 Å². The summed E-state index contributed by atoms with van der Waals surface area (Å²) in [6.45, 7) is 7.63. The fourth-order valence-electron chi connectivity index (χ4n) is 3.85. The largest absolute Gasteiger partial charge is 0.365 e. The van der Waals surface area contributed by atoms with E-state index in [0.29, 0.717) is 4.88 Å². The Kier molecular flexibility index (Phi) is 5.25. The van der Waals surface area contributed by atoms with Gasteiger partial charge in [0.2, 0.25) is 0 Å². The predicted octanol–water partition coefficient (Wildman–Crippen LogP) is 2.38. The number of thiophene rings is 1. The Bertz CT molecular complexity index is 940. The Hall–Kier alpha value is -2.21. The molecule has 2 aromatic carbocycles. The number of carbonyl (C=O) groups is 1. The van der Waals surface area contributed by atoms with Gasteiger partial charge < -0.3 is 5.73 Å². The van der Waals surface area contributed by atoms with Crippen LogP contribution in [0.4, 0.5) is 5.69 Å². The first-order valence-corrected chi connectivity index (χ1v) is 10.4. The second-order valence-corrected chi connectivity index (χ2v) is 8.46. The van der Waals surface area contributed by atoms with Crippen LogP contribution in [0.15, 0.2) is 48.5 Å². The summed E-state index contributed by atoms with van der Waals surface area (Å²) in [5, 5.41) is 1.18. The summed E-state index contributed by atoms with van der Waals surface area (Å²) >= 11 is 1.49. The zero-order chi connectivity index (χ0) is 18.8. The fraction of sp³-hybridized carbons (Fsp3) is 0.318. The van der Waals surface area contributed by atoms with Gasteiger partial charge in [-0.1, -0.05) is 35.9 Å². The number of nitrogens with one attached hydrogen (secondary N) is 1. The molecule has 0 radical (unpaired) electrons. The number of nitrogens with two attached hydrogens (primary N) is 1. The van der Waals surface area contributed by atoms with Gasteiger partial charge in [0.05, 0.1) is 23.4 Å². The number of fused-ring (bicyclic) bond motifs is 1. The smallest absolute Gasteiger partial charge is 0.258 e. The molecule has 1 aliphatic heterocycles. The standard InChI is InChI=1S/C22H25N3OS/c1-16-5-7-17(8-6-16)9-10-24-11-13-25(14-12-24)19-3-2-4-20-18(19)15-21(27-20)22(23)26/h2-8,15H,9-14H2,1H3,(H2,23,26)/p+1. The van der Waals surface area contributed by atoms with Crippen LogP contribution in [0.1, 0.15) is 20.8 Å². The highest BCUT2D eigenvalue weighted by molar-refractivity contribution is 7.20. The monoisotopic (exact) mass is 380 g/mol. The topological polar surface area (TPSA) is 50.8 Å². The molecule has 0 atom stereocenters. The SMILES string of the molecule is Cc1ccc(CCN2CC[NH+](c3cccc4sc(C(N)=O)cc34)CC2)cc1. The van der Waals surface area contributed by atoms with Crippen molar-refractivity contribution in [2.45, 2.75) is 13.3 Å². The van der Waals surface area contributed by atoms with Crippen molar-refractivity contribution in [1.82, 2.24) is 4.90 Å². The minimum absolute atomic E-state index is 0.335. The van der Waals surface area contributed by atoms with E-state index in [1.165, 1.54) is 38.4 Å². The number of hydrogen-bond acceptors (Lipinski definition) is 3. The summed E-state index contributed by atoms with van der Waals surface area (Å²) in [7, 11) is 0. The zero-order valence-corrected chi connectivity index (χ0v) is 16.5. The Morgan fingerprint density at radius 2 is 1.89 bits per heavy atom. The van der Waals surface area contributed by atoms with Crippen molar-refractivity contribution in [2.75, 3.05) is 32.7 Å². The summed E-state index contributed by atoms with van der Waals surface area (Å²) in [5.41, 5.74) is 9.50. The van der Waals surface area contributed by atoms with Gasteiger partial charge in [-0.2, -0.15) is 0 Å². The average molecular weight is 381 g/mol. The molecule has 3 N–H and O–H groups in total. The molecule has 27 heavy (non-hydrogen) atoms. The molecule has 0 unspecified atom stereocenters. The van der Waals surface area contributed by atoms with E-state index < -0.39 is 0 Å².